The van der Waals surface area contributed by atoms with E-state index >= 15 is 0 Å². The highest BCUT2D eigenvalue weighted by molar-refractivity contribution is 7.89. The summed E-state index contributed by atoms with van der Waals surface area (Å²) in [6.45, 7) is 5.50. The number of amides is 1. The second kappa shape index (κ2) is 7.74. The zero-order valence-electron chi connectivity index (χ0n) is 15.0. The molecule has 1 aromatic carbocycles. The fraction of sp³-hybridized carbons (Fsp3) is 0.556. The van der Waals surface area contributed by atoms with Crippen molar-refractivity contribution in [2.75, 3.05) is 39.3 Å². The number of hydrogen-bond acceptors (Lipinski definition) is 4. The van der Waals surface area contributed by atoms with Crippen molar-refractivity contribution in [3.63, 3.8) is 0 Å². The normalized spacial score (nSPS) is 20.7. The van der Waals surface area contributed by atoms with E-state index in [4.69, 9.17) is 0 Å². The van der Waals surface area contributed by atoms with E-state index in [2.05, 4.69) is 0 Å². The summed E-state index contributed by atoms with van der Waals surface area (Å²) < 4.78 is 27.2. The third-order valence-corrected chi connectivity index (χ3v) is 7.35. The first-order chi connectivity index (χ1) is 12.4. The lowest BCUT2D eigenvalue weighted by Crippen LogP contribution is -3.19. The molecule has 2 heterocycles. The summed E-state index contributed by atoms with van der Waals surface area (Å²) in [6, 6.07) is 8.09. The van der Waals surface area contributed by atoms with E-state index in [9.17, 15) is 18.5 Å². The second-order valence-electron chi connectivity index (χ2n) is 6.92. The quantitative estimate of drug-likeness (QED) is 0.764. The molecule has 1 N–H and O–H groups in total. The molecule has 2 aliphatic rings. The minimum absolute atomic E-state index is 0.0622. The first-order valence-electron chi connectivity index (χ1n) is 9.08. The van der Waals surface area contributed by atoms with Gasteiger partial charge in [0.05, 0.1) is 36.6 Å². The molecule has 0 unspecified atom stereocenters. The third kappa shape index (κ3) is 3.61. The van der Waals surface area contributed by atoms with Crippen molar-refractivity contribution in [2.45, 2.75) is 30.7 Å². The van der Waals surface area contributed by atoms with Crippen LogP contribution >= 0.6 is 0 Å². The van der Waals surface area contributed by atoms with Gasteiger partial charge in [0.1, 0.15) is 6.07 Å². The number of hydrogen-bond donors (Lipinski definition) is 1. The zero-order valence-corrected chi connectivity index (χ0v) is 15.8. The molecule has 0 aromatic heterocycles. The maximum Gasteiger partial charge on any atom is 0.280 e. The van der Waals surface area contributed by atoms with E-state index in [1.165, 1.54) is 16.4 Å². The maximum absolute atomic E-state index is 12.9. The van der Waals surface area contributed by atoms with Gasteiger partial charge in [0.2, 0.25) is 10.0 Å². The monoisotopic (exact) mass is 377 g/mol. The molecule has 0 saturated carbocycles. The predicted octanol–water partition coefficient (Wildman–Crippen LogP) is -0.542. The molecule has 1 amide bonds. The number of carbonyl (C=O) groups is 1. The van der Waals surface area contributed by atoms with E-state index in [1.54, 1.807) is 12.1 Å². The second-order valence-corrected chi connectivity index (χ2v) is 8.83. The van der Waals surface area contributed by atoms with E-state index in [-0.39, 0.29) is 22.4 Å². The fourth-order valence-electron chi connectivity index (χ4n) is 3.76. The standard InChI is InChI=1S/C18H24N4O3S/c1-15(18(23)21-8-4-5-9-21)20-10-12-22(13-11-20)26(24,25)17-7-3-2-6-16(17)14-19/h2-3,6-7,15H,4-5,8-13H2,1H3/p+1/t15-/m0/s1. The highest BCUT2D eigenvalue weighted by atomic mass is 32.2. The molecule has 0 bridgehead atoms. The van der Waals surface area contributed by atoms with Crippen LogP contribution in [0.15, 0.2) is 29.2 Å². The number of benzene rings is 1. The SMILES string of the molecule is C[C@@H](C(=O)N1CCCC1)[NH+]1CCN(S(=O)(=O)c2ccccc2C#N)CC1. The zero-order chi connectivity index (χ0) is 18.7. The molecule has 7 nitrogen and oxygen atoms in total. The third-order valence-electron chi connectivity index (χ3n) is 5.39. The van der Waals surface area contributed by atoms with Crippen molar-refractivity contribution in [1.29, 1.82) is 5.26 Å². The van der Waals surface area contributed by atoms with Gasteiger partial charge >= 0.3 is 0 Å². The van der Waals surface area contributed by atoms with Crippen LogP contribution in [-0.4, -0.2) is 68.8 Å². The Kier molecular flexibility index (Phi) is 5.61. The van der Waals surface area contributed by atoms with Crippen LogP contribution in [0.2, 0.25) is 0 Å². The number of sulfonamides is 1. The molecule has 3 rings (SSSR count). The summed E-state index contributed by atoms with van der Waals surface area (Å²) in [4.78, 5) is 15.7. The van der Waals surface area contributed by atoms with Crippen molar-refractivity contribution >= 4 is 15.9 Å². The van der Waals surface area contributed by atoms with Crippen LogP contribution in [-0.2, 0) is 14.8 Å². The molecule has 0 spiro atoms. The number of nitrogens with one attached hydrogen (secondary N) is 1. The molecule has 0 aliphatic carbocycles. The average molecular weight is 377 g/mol. The smallest absolute Gasteiger partial charge is 0.280 e. The van der Waals surface area contributed by atoms with E-state index < -0.39 is 10.0 Å². The molecule has 2 fully saturated rings. The Balaban J connectivity index is 1.66. The van der Waals surface area contributed by atoms with Crippen LogP contribution in [0.4, 0.5) is 0 Å². The molecular weight excluding hydrogens is 352 g/mol. The summed E-state index contributed by atoms with van der Waals surface area (Å²) >= 11 is 0. The Morgan fingerprint density at radius 3 is 2.38 bits per heavy atom. The Labute approximate surface area is 154 Å². The van der Waals surface area contributed by atoms with Crippen LogP contribution < -0.4 is 4.90 Å². The molecule has 1 aromatic rings. The molecule has 0 radical (unpaired) electrons. The average Bonchev–Trinajstić information content (AvgIpc) is 3.21. The Hall–Kier alpha value is -1.95. The number of likely N-dealkylation sites (tertiary alicyclic amines) is 1. The fourth-order valence-corrected chi connectivity index (χ4v) is 5.34. The molecule has 26 heavy (non-hydrogen) atoms. The van der Waals surface area contributed by atoms with E-state index in [0.29, 0.717) is 26.2 Å². The van der Waals surface area contributed by atoms with Crippen LogP contribution in [0.5, 0.6) is 0 Å². The number of piperazine rings is 1. The van der Waals surface area contributed by atoms with Crippen LogP contribution in [0.25, 0.3) is 0 Å². The minimum atomic E-state index is -3.69. The summed E-state index contributed by atoms with van der Waals surface area (Å²) in [5, 5.41) is 9.18. The van der Waals surface area contributed by atoms with Crippen molar-refractivity contribution < 1.29 is 18.1 Å². The van der Waals surface area contributed by atoms with Crippen LogP contribution in [0.3, 0.4) is 0 Å². The molecule has 2 saturated heterocycles. The van der Waals surface area contributed by atoms with E-state index in [0.717, 1.165) is 30.8 Å². The highest BCUT2D eigenvalue weighted by Crippen LogP contribution is 2.19. The number of rotatable bonds is 4. The van der Waals surface area contributed by atoms with Crippen molar-refractivity contribution in [1.82, 2.24) is 9.21 Å². The van der Waals surface area contributed by atoms with Crippen molar-refractivity contribution in [3.8, 4) is 6.07 Å². The summed E-state index contributed by atoms with van der Waals surface area (Å²) in [7, 11) is -3.69. The molecule has 2 aliphatic heterocycles. The summed E-state index contributed by atoms with van der Waals surface area (Å²) in [5.74, 6) is 0.170. The predicted molar refractivity (Wildman–Crippen MR) is 95.9 cm³/mol. The lowest BCUT2D eigenvalue weighted by Gasteiger charge is -2.35. The molecular formula is C18H25N4O3S+. The number of quaternary nitrogens is 1. The van der Waals surface area contributed by atoms with Gasteiger partial charge in [-0.05, 0) is 31.9 Å². The molecule has 140 valence electrons. The number of carbonyl (C=O) groups excluding carboxylic acids is 1. The van der Waals surface area contributed by atoms with Gasteiger partial charge in [-0.3, -0.25) is 4.79 Å². The van der Waals surface area contributed by atoms with E-state index in [1.807, 2.05) is 17.9 Å². The minimum Gasteiger partial charge on any atom is -0.338 e. The van der Waals surface area contributed by atoms with Gasteiger partial charge in [0.25, 0.3) is 5.91 Å². The maximum atomic E-state index is 12.9. The van der Waals surface area contributed by atoms with Gasteiger partial charge in [0, 0.05) is 13.1 Å². The van der Waals surface area contributed by atoms with Crippen molar-refractivity contribution in [2.24, 2.45) is 0 Å². The number of nitrogens with zero attached hydrogens (tertiary/aromatic N) is 3. The van der Waals surface area contributed by atoms with Gasteiger partial charge in [-0.25, -0.2) is 8.42 Å². The van der Waals surface area contributed by atoms with Gasteiger partial charge in [-0.1, -0.05) is 12.1 Å². The highest BCUT2D eigenvalue weighted by Gasteiger charge is 2.36. The number of nitriles is 1. The largest absolute Gasteiger partial charge is 0.338 e. The van der Waals surface area contributed by atoms with Crippen LogP contribution in [0.1, 0.15) is 25.3 Å². The lowest BCUT2D eigenvalue weighted by molar-refractivity contribution is -0.918. The summed E-state index contributed by atoms with van der Waals surface area (Å²) in [5.41, 5.74) is 0.167. The molecule has 1 atom stereocenters. The van der Waals surface area contributed by atoms with Gasteiger partial charge < -0.3 is 9.80 Å². The van der Waals surface area contributed by atoms with Crippen molar-refractivity contribution in [3.05, 3.63) is 29.8 Å². The molecule has 8 heteroatoms. The first-order valence-corrected chi connectivity index (χ1v) is 10.5. The summed E-state index contributed by atoms with van der Waals surface area (Å²) in [6.07, 6.45) is 2.14. The van der Waals surface area contributed by atoms with Crippen LogP contribution in [0, 0.1) is 11.3 Å². The Bertz CT molecular complexity index is 804. The first kappa shape index (κ1) is 18.8. The van der Waals surface area contributed by atoms with Gasteiger partial charge in [-0.15, -0.1) is 0 Å². The topological polar surface area (TPSA) is 85.9 Å². The van der Waals surface area contributed by atoms with Gasteiger partial charge in [0.15, 0.2) is 6.04 Å². The Morgan fingerprint density at radius 1 is 1.15 bits per heavy atom. The Morgan fingerprint density at radius 2 is 1.77 bits per heavy atom. The lowest BCUT2D eigenvalue weighted by atomic mass is 10.2. The van der Waals surface area contributed by atoms with Gasteiger partial charge in [-0.2, -0.15) is 9.57 Å².